The molecule has 3 nitrogen and oxygen atoms in total. The van der Waals surface area contributed by atoms with Crippen molar-refractivity contribution in [3.63, 3.8) is 0 Å². The van der Waals surface area contributed by atoms with Crippen LogP contribution in [0.25, 0.3) is 0 Å². The number of ether oxygens (including phenoxy) is 1. The fraction of sp³-hybridized carbons (Fsp3) is 0.615. The van der Waals surface area contributed by atoms with Crippen LogP contribution in [0.15, 0.2) is 24.5 Å². The monoisotopic (exact) mass is 222 g/mol. The van der Waals surface area contributed by atoms with E-state index in [1.54, 1.807) is 6.20 Å². The number of hydrogen-bond donors (Lipinski definition) is 1. The molecule has 0 bridgehead atoms. The third-order valence-corrected chi connectivity index (χ3v) is 2.43. The maximum atomic E-state index is 5.64. The summed E-state index contributed by atoms with van der Waals surface area (Å²) in [5.74, 6) is 0. The molecular weight excluding hydrogens is 200 g/mol. The summed E-state index contributed by atoms with van der Waals surface area (Å²) in [7, 11) is 0. The molecule has 1 aromatic rings. The summed E-state index contributed by atoms with van der Waals surface area (Å²) in [4.78, 5) is 4.06. The quantitative estimate of drug-likeness (QED) is 0.686. The van der Waals surface area contributed by atoms with Gasteiger partial charge in [-0.25, -0.2) is 0 Å². The second-order valence-corrected chi connectivity index (χ2v) is 4.01. The van der Waals surface area contributed by atoms with E-state index in [1.807, 2.05) is 12.3 Å². The second kappa shape index (κ2) is 8.25. The third kappa shape index (κ3) is 5.83. The van der Waals surface area contributed by atoms with Gasteiger partial charge in [-0.3, -0.25) is 4.98 Å². The van der Waals surface area contributed by atoms with E-state index >= 15 is 0 Å². The standard InChI is InChI=1S/C13H22N2O/c1-3-5-12(2)16-9-8-15-11-13-6-4-7-14-10-13/h4,6-7,10,12,15H,3,5,8-9,11H2,1-2H3. The number of nitrogens with one attached hydrogen (secondary N) is 1. The Balaban J connectivity index is 2.00. The van der Waals surface area contributed by atoms with Crippen LogP contribution in [0.5, 0.6) is 0 Å². The first kappa shape index (κ1) is 13.1. The van der Waals surface area contributed by atoms with Crippen LogP contribution in [0.2, 0.25) is 0 Å². The van der Waals surface area contributed by atoms with Crippen LogP contribution in [0.1, 0.15) is 32.3 Å². The number of pyridine rings is 1. The summed E-state index contributed by atoms with van der Waals surface area (Å²) in [6.45, 7) is 6.84. The van der Waals surface area contributed by atoms with Gasteiger partial charge in [-0.1, -0.05) is 19.4 Å². The van der Waals surface area contributed by atoms with Crippen LogP contribution in [-0.4, -0.2) is 24.2 Å². The highest BCUT2D eigenvalue weighted by atomic mass is 16.5. The van der Waals surface area contributed by atoms with E-state index in [1.165, 1.54) is 12.0 Å². The zero-order valence-corrected chi connectivity index (χ0v) is 10.3. The Hall–Kier alpha value is -0.930. The highest BCUT2D eigenvalue weighted by molar-refractivity contribution is 5.07. The first-order valence-corrected chi connectivity index (χ1v) is 6.04. The minimum Gasteiger partial charge on any atom is -0.377 e. The molecule has 0 radical (unpaired) electrons. The van der Waals surface area contributed by atoms with Gasteiger partial charge in [0.15, 0.2) is 0 Å². The molecule has 0 fully saturated rings. The summed E-state index contributed by atoms with van der Waals surface area (Å²) < 4.78 is 5.64. The highest BCUT2D eigenvalue weighted by Gasteiger charge is 1.99. The molecule has 1 heterocycles. The van der Waals surface area contributed by atoms with E-state index in [4.69, 9.17) is 4.74 Å². The zero-order chi connectivity index (χ0) is 11.6. The fourth-order valence-electron chi connectivity index (χ4n) is 1.56. The van der Waals surface area contributed by atoms with Gasteiger partial charge in [-0.05, 0) is 25.0 Å². The topological polar surface area (TPSA) is 34.1 Å². The number of aromatic nitrogens is 1. The summed E-state index contributed by atoms with van der Waals surface area (Å²) >= 11 is 0. The Labute approximate surface area is 98.2 Å². The van der Waals surface area contributed by atoms with Gasteiger partial charge in [0.05, 0.1) is 12.7 Å². The van der Waals surface area contributed by atoms with Crippen LogP contribution in [0, 0.1) is 0 Å². The molecular formula is C13H22N2O. The molecule has 1 rings (SSSR count). The van der Waals surface area contributed by atoms with Crippen LogP contribution in [-0.2, 0) is 11.3 Å². The predicted molar refractivity (Wildman–Crippen MR) is 66.3 cm³/mol. The second-order valence-electron chi connectivity index (χ2n) is 4.01. The van der Waals surface area contributed by atoms with E-state index in [9.17, 15) is 0 Å². The van der Waals surface area contributed by atoms with Crippen LogP contribution in [0.4, 0.5) is 0 Å². The molecule has 0 saturated heterocycles. The lowest BCUT2D eigenvalue weighted by Gasteiger charge is -2.12. The van der Waals surface area contributed by atoms with Crippen molar-refractivity contribution in [3.8, 4) is 0 Å². The number of hydrogen-bond acceptors (Lipinski definition) is 3. The van der Waals surface area contributed by atoms with E-state index in [-0.39, 0.29) is 0 Å². The largest absolute Gasteiger partial charge is 0.377 e. The summed E-state index contributed by atoms with van der Waals surface area (Å²) in [6.07, 6.45) is 6.38. The Morgan fingerprint density at radius 1 is 1.50 bits per heavy atom. The lowest BCUT2D eigenvalue weighted by atomic mass is 10.2. The van der Waals surface area contributed by atoms with Crippen molar-refractivity contribution in [1.29, 1.82) is 0 Å². The Kier molecular flexibility index (Phi) is 6.77. The Morgan fingerprint density at radius 3 is 3.06 bits per heavy atom. The first-order chi connectivity index (χ1) is 7.83. The molecule has 0 aliphatic carbocycles. The molecule has 0 aliphatic rings. The van der Waals surface area contributed by atoms with Crippen molar-refractivity contribution in [1.82, 2.24) is 10.3 Å². The van der Waals surface area contributed by atoms with Crippen LogP contribution in [0.3, 0.4) is 0 Å². The average Bonchev–Trinajstić information content (AvgIpc) is 2.30. The van der Waals surface area contributed by atoms with E-state index in [0.29, 0.717) is 6.10 Å². The van der Waals surface area contributed by atoms with Crippen LogP contribution >= 0.6 is 0 Å². The van der Waals surface area contributed by atoms with Gasteiger partial charge < -0.3 is 10.1 Å². The van der Waals surface area contributed by atoms with E-state index in [0.717, 1.165) is 26.1 Å². The maximum Gasteiger partial charge on any atom is 0.0594 e. The molecule has 16 heavy (non-hydrogen) atoms. The summed E-state index contributed by atoms with van der Waals surface area (Å²) in [6, 6.07) is 4.03. The van der Waals surface area contributed by atoms with E-state index < -0.39 is 0 Å². The highest BCUT2D eigenvalue weighted by Crippen LogP contribution is 1.99. The molecule has 90 valence electrons. The van der Waals surface area contributed by atoms with Crippen molar-refractivity contribution < 1.29 is 4.74 Å². The van der Waals surface area contributed by atoms with Gasteiger partial charge in [0.25, 0.3) is 0 Å². The number of nitrogens with zero attached hydrogens (tertiary/aromatic N) is 1. The minimum atomic E-state index is 0.380. The van der Waals surface area contributed by atoms with Gasteiger partial charge >= 0.3 is 0 Å². The minimum absolute atomic E-state index is 0.380. The third-order valence-electron chi connectivity index (χ3n) is 2.43. The molecule has 1 atom stereocenters. The predicted octanol–water partition coefficient (Wildman–Crippen LogP) is 2.38. The van der Waals surface area contributed by atoms with Crippen molar-refractivity contribution in [2.75, 3.05) is 13.2 Å². The van der Waals surface area contributed by atoms with Crippen molar-refractivity contribution in [2.24, 2.45) is 0 Å². The van der Waals surface area contributed by atoms with Crippen molar-refractivity contribution in [2.45, 2.75) is 39.3 Å². The summed E-state index contributed by atoms with van der Waals surface area (Å²) in [5, 5.41) is 3.33. The van der Waals surface area contributed by atoms with Gasteiger partial charge in [-0.2, -0.15) is 0 Å². The lowest BCUT2D eigenvalue weighted by molar-refractivity contribution is 0.0617. The molecule has 0 saturated carbocycles. The fourth-order valence-corrected chi connectivity index (χ4v) is 1.56. The molecule has 0 spiro atoms. The molecule has 0 amide bonds. The van der Waals surface area contributed by atoms with Gasteiger partial charge in [-0.15, -0.1) is 0 Å². The Bertz CT molecular complexity index is 264. The Morgan fingerprint density at radius 2 is 2.38 bits per heavy atom. The van der Waals surface area contributed by atoms with Crippen molar-refractivity contribution in [3.05, 3.63) is 30.1 Å². The average molecular weight is 222 g/mol. The molecule has 1 unspecified atom stereocenters. The zero-order valence-electron chi connectivity index (χ0n) is 10.3. The maximum absolute atomic E-state index is 5.64. The summed E-state index contributed by atoms with van der Waals surface area (Å²) in [5.41, 5.74) is 1.21. The van der Waals surface area contributed by atoms with Gasteiger partial charge in [0, 0.05) is 25.5 Å². The van der Waals surface area contributed by atoms with Crippen LogP contribution < -0.4 is 5.32 Å². The molecule has 1 N–H and O–H groups in total. The van der Waals surface area contributed by atoms with Crippen molar-refractivity contribution >= 4 is 0 Å². The lowest BCUT2D eigenvalue weighted by Crippen LogP contribution is -2.21. The first-order valence-electron chi connectivity index (χ1n) is 6.04. The molecule has 1 aromatic heterocycles. The smallest absolute Gasteiger partial charge is 0.0594 e. The molecule has 0 aliphatic heterocycles. The van der Waals surface area contributed by atoms with Gasteiger partial charge in [0.2, 0.25) is 0 Å². The normalized spacial score (nSPS) is 12.6. The molecule has 3 heteroatoms. The van der Waals surface area contributed by atoms with E-state index in [2.05, 4.69) is 30.2 Å². The number of rotatable bonds is 8. The SMILES string of the molecule is CCCC(C)OCCNCc1cccnc1. The molecule has 0 aromatic carbocycles. The van der Waals surface area contributed by atoms with Gasteiger partial charge in [0.1, 0.15) is 0 Å².